The predicted octanol–water partition coefficient (Wildman–Crippen LogP) is 1.68. The van der Waals surface area contributed by atoms with Crippen molar-refractivity contribution in [3.8, 4) is 0 Å². The average Bonchev–Trinajstić information content (AvgIpc) is 2.65. The van der Waals surface area contributed by atoms with Crippen LogP contribution in [0.2, 0.25) is 0 Å². The van der Waals surface area contributed by atoms with E-state index in [1.807, 2.05) is 0 Å². The van der Waals surface area contributed by atoms with Gasteiger partial charge in [0.25, 0.3) is 0 Å². The van der Waals surface area contributed by atoms with Crippen LogP contribution in [0, 0.1) is 0 Å². The van der Waals surface area contributed by atoms with E-state index in [1.54, 1.807) is 0 Å². The summed E-state index contributed by atoms with van der Waals surface area (Å²) in [4.78, 5) is 5.26. The lowest BCUT2D eigenvalue weighted by atomic mass is 9.95. The molecule has 3 atom stereocenters. The zero-order valence-corrected chi connectivity index (χ0v) is 14.4. The van der Waals surface area contributed by atoms with Crippen LogP contribution in [0.4, 0.5) is 0 Å². The summed E-state index contributed by atoms with van der Waals surface area (Å²) in [6.07, 6.45) is 6.31. The topological polar surface area (TPSA) is 38.7 Å². The molecule has 2 rings (SSSR count). The fourth-order valence-corrected chi connectivity index (χ4v) is 4.17. The van der Waals surface area contributed by atoms with Gasteiger partial charge in [0.1, 0.15) is 0 Å². The average molecular weight is 297 g/mol. The maximum atomic E-state index is 9.65. The molecule has 124 valence electrons. The van der Waals surface area contributed by atoms with E-state index < -0.39 is 0 Å². The number of likely N-dealkylation sites (tertiary alicyclic amines) is 1. The van der Waals surface area contributed by atoms with E-state index in [-0.39, 0.29) is 12.1 Å². The van der Waals surface area contributed by atoms with Crippen LogP contribution in [-0.2, 0) is 0 Å². The Morgan fingerprint density at radius 1 is 1.24 bits per heavy atom. The van der Waals surface area contributed by atoms with Crippen molar-refractivity contribution < 1.29 is 5.11 Å². The van der Waals surface area contributed by atoms with Crippen molar-refractivity contribution in [2.75, 3.05) is 33.3 Å². The molecule has 0 aromatic carbocycles. The summed E-state index contributed by atoms with van der Waals surface area (Å²) in [5.41, 5.74) is -0.129. The molecule has 2 saturated heterocycles. The third-order valence-electron chi connectivity index (χ3n) is 5.42. The molecule has 2 bridgehead atoms. The highest BCUT2D eigenvalue weighted by Crippen LogP contribution is 2.28. The minimum absolute atomic E-state index is 0.129. The second-order valence-electron chi connectivity index (χ2n) is 7.76. The van der Waals surface area contributed by atoms with E-state index in [2.05, 4.69) is 42.9 Å². The van der Waals surface area contributed by atoms with Gasteiger partial charge in [0.05, 0.1) is 6.61 Å². The van der Waals surface area contributed by atoms with Gasteiger partial charge in [-0.3, -0.25) is 4.90 Å². The SMILES string of the molecule is CC(C)NC(C)(CO)CCCN1CCC2CCC(C1)N2C. The van der Waals surface area contributed by atoms with Crippen molar-refractivity contribution in [1.82, 2.24) is 15.1 Å². The molecular formula is C17H35N3O. The lowest BCUT2D eigenvalue weighted by Crippen LogP contribution is -2.49. The van der Waals surface area contributed by atoms with Crippen molar-refractivity contribution in [2.45, 2.75) is 76.5 Å². The van der Waals surface area contributed by atoms with Crippen LogP contribution in [0.15, 0.2) is 0 Å². The van der Waals surface area contributed by atoms with Crippen LogP contribution < -0.4 is 5.32 Å². The summed E-state index contributed by atoms with van der Waals surface area (Å²) in [7, 11) is 2.31. The first-order valence-electron chi connectivity index (χ1n) is 8.76. The summed E-state index contributed by atoms with van der Waals surface area (Å²) in [5, 5.41) is 13.2. The first kappa shape index (κ1) is 17.2. The molecule has 0 aromatic rings. The van der Waals surface area contributed by atoms with Gasteiger partial charge < -0.3 is 15.3 Å². The van der Waals surface area contributed by atoms with E-state index in [4.69, 9.17) is 0 Å². The van der Waals surface area contributed by atoms with Crippen molar-refractivity contribution >= 4 is 0 Å². The van der Waals surface area contributed by atoms with Crippen LogP contribution in [0.5, 0.6) is 0 Å². The van der Waals surface area contributed by atoms with E-state index in [0.29, 0.717) is 6.04 Å². The highest BCUT2D eigenvalue weighted by Gasteiger charge is 2.34. The number of fused-ring (bicyclic) bond motifs is 2. The fraction of sp³-hybridized carbons (Fsp3) is 1.00. The Kier molecular flexibility index (Phi) is 6.06. The van der Waals surface area contributed by atoms with Gasteiger partial charge in [0.15, 0.2) is 0 Å². The van der Waals surface area contributed by atoms with Gasteiger partial charge in [-0.25, -0.2) is 0 Å². The van der Waals surface area contributed by atoms with Crippen molar-refractivity contribution in [3.05, 3.63) is 0 Å². The summed E-state index contributed by atoms with van der Waals surface area (Å²) in [5.74, 6) is 0. The number of likely N-dealkylation sites (N-methyl/N-ethyl adjacent to an activating group) is 1. The maximum absolute atomic E-state index is 9.65. The molecule has 2 N–H and O–H groups in total. The summed E-state index contributed by atoms with van der Waals surface area (Å²) >= 11 is 0. The maximum Gasteiger partial charge on any atom is 0.0610 e. The molecule has 0 saturated carbocycles. The normalized spacial score (nSPS) is 30.6. The summed E-state index contributed by atoms with van der Waals surface area (Å²) in [6, 6.07) is 2.02. The van der Waals surface area contributed by atoms with Crippen LogP contribution in [0.1, 0.15) is 52.9 Å². The van der Waals surface area contributed by atoms with Gasteiger partial charge >= 0.3 is 0 Å². The first-order chi connectivity index (χ1) is 9.93. The van der Waals surface area contributed by atoms with Crippen LogP contribution in [0.25, 0.3) is 0 Å². The highest BCUT2D eigenvalue weighted by atomic mass is 16.3. The molecule has 4 heteroatoms. The zero-order chi connectivity index (χ0) is 15.5. The van der Waals surface area contributed by atoms with Crippen LogP contribution in [-0.4, -0.2) is 71.9 Å². The molecule has 0 amide bonds. The summed E-state index contributed by atoms with van der Waals surface area (Å²) in [6.45, 7) is 10.3. The lowest BCUT2D eigenvalue weighted by molar-refractivity contribution is 0.146. The van der Waals surface area contributed by atoms with Crippen molar-refractivity contribution in [3.63, 3.8) is 0 Å². The predicted molar refractivity (Wildman–Crippen MR) is 88.6 cm³/mol. The Morgan fingerprint density at radius 2 is 1.95 bits per heavy atom. The Balaban J connectivity index is 1.75. The largest absolute Gasteiger partial charge is 0.394 e. The van der Waals surface area contributed by atoms with Gasteiger partial charge in [0, 0.05) is 30.2 Å². The van der Waals surface area contributed by atoms with Crippen molar-refractivity contribution in [2.24, 2.45) is 0 Å². The highest BCUT2D eigenvalue weighted by molar-refractivity contribution is 4.91. The Morgan fingerprint density at radius 3 is 2.62 bits per heavy atom. The van der Waals surface area contributed by atoms with E-state index in [0.717, 1.165) is 24.9 Å². The van der Waals surface area contributed by atoms with Gasteiger partial charge in [-0.1, -0.05) is 13.8 Å². The Labute approximate surface area is 130 Å². The van der Waals surface area contributed by atoms with Gasteiger partial charge in [-0.05, 0) is 59.2 Å². The third kappa shape index (κ3) is 4.65. The Bertz CT molecular complexity index is 323. The lowest BCUT2D eigenvalue weighted by Gasteiger charge is -2.32. The third-order valence-corrected chi connectivity index (χ3v) is 5.42. The first-order valence-corrected chi connectivity index (χ1v) is 8.76. The quantitative estimate of drug-likeness (QED) is 0.750. The molecule has 2 aliphatic heterocycles. The molecule has 3 unspecified atom stereocenters. The molecule has 0 aromatic heterocycles. The minimum Gasteiger partial charge on any atom is -0.394 e. The molecule has 2 aliphatic rings. The number of nitrogens with zero attached hydrogens (tertiary/aromatic N) is 2. The molecule has 21 heavy (non-hydrogen) atoms. The molecular weight excluding hydrogens is 262 g/mol. The smallest absolute Gasteiger partial charge is 0.0610 e. The molecule has 0 radical (unpaired) electrons. The van der Waals surface area contributed by atoms with Crippen LogP contribution >= 0.6 is 0 Å². The van der Waals surface area contributed by atoms with Gasteiger partial charge in [-0.2, -0.15) is 0 Å². The van der Waals surface area contributed by atoms with Crippen molar-refractivity contribution in [1.29, 1.82) is 0 Å². The second kappa shape index (κ2) is 7.40. The van der Waals surface area contributed by atoms with Gasteiger partial charge in [-0.15, -0.1) is 0 Å². The monoisotopic (exact) mass is 297 g/mol. The summed E-state index contributed by atoms with van der Waals surface area (Å²) < 4.78 is 0. The number of aliphatic hydroxyl groups excluding tert-OH is 1. The molecule has 0 spiro atoms. The number of hydrogen-bond donors (Lipinski definition) is 2. The second-order valence-corrected chi connectivity index (χ2v) is 7.76. The molecule has 4 nitrogen and oxygen atoms in total. The molecule has 0 aliphatic carbocycles. The Hall–Kier alpha value is -0.160. The zero-order valence-electron chi connectivity index (χ0n) is 14.4. The standard InChI is InChI=1S/C17H35N3O/c1-14(2)18-17(3,13-21)9-5-10-20-11-8-15-6-7-16(12-20)19(15)4/h14-16,18,21H,5-13H2,1-4H3. The van der Waals surface area contributed by atoms with E-state index >= 15 is 0 Å². The number of nitrogens with one attached hydrogen (secondary N) is 1. The van der Waals surface area contributed by atoms with E-state index in [1.165, 1.54) is 38.9 Å². The van der Waals surface area contributed by atoms with E-state index in [9.17, 15) is 5.11 Å². The number of hydrogen-bond acceptors (Lipinski definition) is 4. The number of rotatable bonds is 7. The van der Waals surface area contributed by atoms with Gasteiger partial charge in [0.2, 0.25) is 0 Å². The fourth-order valence-electron chi connectivity index (χ4n) is 4.17. The minimum atomic E-state index is -0.129. The van der Waals surface area contributed by atoms with Crippen LogP contribution in [0.3, 0.4) is 0 Å². The molecule has 2 heterocycles. The number of aliphatic hydroxyl groups is 1. The molecule has 2 fully saturated rings.